The highest BCUT2D eigenvalue weighted by Gasteiger charge is 1.93. The van der Waals surface area contributed by atoms with Gasteiger partial charge >= 0.3 is 0 Å². The van der Waals surface area contributed by atoms with Gasteiger partial charge in [-0.05, 0) is 12.1 Å². The molecule has 0 aliphatic carbocycles. The fourth-order valence-corrected chi connectivity index (χ4v) is 1.19. The Morgan fingerprint density at radius 3 is 2.55 bits per heavy atom. The summed E-state index contributed by atoms with van der Waals surface area (Å²) in [5, 5.41) is 2.72. The van der Waals surface area contributed by atoms with Crippen LogP contribution in [0.4, 0.5) is 5.69 Å². The Balaban J connectivity index is 2.58. The zero-order valence-electron chi connectivity index (χ0n) is 6.20. The number of hydrogen-bond acceptors (Lipinski definition) is 2. The molecule has 0 spiro atoms. The Labute approximate surface area is 66.3 Å². The average molecular weight is 171 g/mol. The van der Waals surface area contributed by atoms with E-state index in [0.717, 1.165) is 5.69 Å². The minimum absolute atomic E-state index is 0.818. The van der Waals surface area contributed by atoms with Gasteiger partial charge < -0.3 is 9.61 Å². The third kappa shape index (κ3) is 2.74. The second kappa shape index (κ2) is 4.16. The van der Waals surface area contributed by atoms with Crippen molar-refractivity contribution in [3.05, 3.63) is 30.3 Å². The van der Waals surface area contributed by atoms with E-state index in [1.165, 1.54) is 7.11 Å². The minimum atomic E-state index is -2.08. The zero-order valence-corrected chi connectivity index (χ0v) is 7.20. The van der Waals surface area contributed by atoms with Crippen LogP contribution in [0.15, 0.2) is 30.3 Å². The van der Waals surface area contributed by atoms with Crippen molar-refractivity contribution in [2.45, 2.75) is 0 Å². The van der Waals surface area contributed by atoms with Crippen LogP contribution >= 0.6 is 8.18 Å². The van der Waals surface area contributed by atoms with Gasteiger partial charge in [0.2, 0.25) is 0 Å². The highest BCUT2D eigenvalue weighted by molar-refractivity contribution is 7.40. The van der Waals surface area contributed by atoms with Gasteiger partial charge in [0.1, 0.15) is 0 Å². The van der Waals surface area contributed by atoms with Gasteiger partial charge in [0.05, 0.1) is 0 Å². The molecule has 0 aliphatic heterocycles. The molecule has 60 valence electrons. The summed E-state index contributed by atoms with van der Waals surface area (Å²) in [4.78, 5) is 0. The van der Waals surface area contributed by atoms with Gasteiger partial charge in [-0.1, -0.05) is 18.2 Å². The predicted molar refractivity (Wildman–Crippen MR) is 46.1 cm³/mol. The van der Waals surface area contributed by atoms with Crippen LogP contribution in [-0.4, -0.2) is 7.11 Å². The van der Waals surface area contributed by atoms with E-state index < -0.39 is 8.18 Å². The molecule has 0 saturated heterocycles. The normalized spacial score (nSPS) is 12.5. The molecule has 0 heterocycles. The van der Waals surface area contributed by atoms with Crippen molar-refractivity contribution in [2.75, 3.05) is 12.2 Å². The molecule has 0 aliphatic rings. The van der Waals surface area contributed by atoms with Crippen LogP contribution in [0.2, 0.25) is 0 Å². The molecule has 0 bridgehead atoms. The second-order valence-electron chi connectivity index (χ2n) is 1.98. The fraction of sp³-hybridized carbons (Fsp3) is 0.143. The number of para-hydroxylation sites is 1. The van der Waals surface area contributed by atoms with E-state index in [-0.39, 0.29) is 0 Å². The largest absolute Gasteiger partial charge is 0.319 e. The number of benzene rings is 1. The molecule has 0 aromatic heterocycles. The van der Waals surface area contributed by atoms with Crippen molar-refractivity contribution >= 4 is 13.9 Å². The van der Waals surface area contributed by atoms with E-state index in [1.807, 2.05) is 30.3 Å². The molecule has 1 aromatic carbocycles. The molecule has 0 saturated carbocycles. The SMILES string of the molecule is CO[PH](=O)Nc1ccccc1. The van der Waals surface area contributed by atoms with Crippen LogP contribution in [-0.2, 0) is 9.09 Å². The summed E-state index contributed by atoms with van der Waals surface area (Å²) in [5.74, 6) is 0. The molecule has 3 nitrogen and oxygen atoms in total. The molecule has 1 unspecified atom stereocenters. The van der Waals surface area contributed by atoms with Crippen molar-refractivity contribution in [3.8, 4) is 0 Å². The summed E-state index contributed by atoms with van der Waals surface area (Å²) in [5.41, 5.74) is 0.818. The van der Waals surface area contributed by atoms with Crippen LogP contribution in [0.1, 0.15) is 0 Å². The van der Waals surface area contributed by atoms with E-state index in [2.05, 4.69) is 9.61 Å². The molecule has 1 atom stereocenters. The quantitative estimate of drug-likeness (QED) is 0.708. The molecule has 0 fully saturated rings. The molecule has 0 radical (unpaired) electrons. The zero-order chi connectivity index (χ0) is 8.10. The Bertz CT molecular complexity index is 237. The number of hydrogen-bond donors (Lipinski definition) is 1. The average Bonchev–Trinajstić information content (AvgIpc) is 2.06. The first-order valence-electron chi connectivity index (χ1n) is 3.23. The monoisotopic (exact) mass is 171 g/mol. The summed E-state index contributed by atoms with van der Waals surface area (Å²) in [6, 6.07) is 9.30. The van der Waals surface area contributed by atoms with Crippen molar-refractivity contribution in [3.63, 3.8) is 0 Å². The maximum Gasteiger partial charge on any atom is 0.282 e. The molecular formula is C7H10NO2P. The number of rotatable bonds is 3. The second-order valence-corrected chi connectivity index (χ2v) is 3.22. The first-order valence-corrected chi connectivity index (χ1v) is 4.54. The van der Waals surface area contributed by atoms with Gasteiger partial charge in [-0.3, -0.25) is 4.57 Å². The Kier molecular flexibility index (Phi) is 3.14. The molecule has 1 rings (SSSR count). The van der Waals surface area contributed by atoms with Gasteiger partial charge in [0, 0.05) is 12.8 Å². The lowest BCUT2D eigenvalue weighted by Crippen LogP contribution is -1.85. The topological polar surface area (TPSA) is 38.3 Å². The van der Waals surface area contributed by atoms with Crippen LogP contribution in [0.25, 0.3) is 0 Å². The third-order valence-corrected chi connectivity index (χ3v) is 2.07. The fourth-order valence-electron chi connectivity index (χ4n) is 0.690. The van der Waals surface area contributed by atoms with Crippen LogP contribution < -0.4 is 5.09 Å². The highest BCUT2D eigenvalue weighted by Crippen LogP contribution is 2.22. The number of nitrogens with one attached hydrogen (secondary N) is 1. The molecule has 1 N–H and O–H groups in total. The van der Waals surface area contributed by atoms with Gasteiger partial charge in [-0.2, -0.15) is 0 Å². The number of anilines is 1. The Hall–Kier alpha value is -0.790. The van der Waals surface area contributed by atoms with Crippen LogP contribution in [0, 0.1) is 0 Å². The lowest BCUT2D eigenvalue weighted by molar-refractivity contribution is 0.419. The maximum atomic E-state index is 10.8. The standard InChI is InChI=1S/C7H10NO2P/c1-10-11(9)8-7-5-3-2-4-6-7/h2-6,11H,1H3,(H,8,9). The molecule has 4 heteroatoms. The Morgan fingerprint density at radius 2 is 2.00 bits per heavy atom. The first-order chi connectivity index (χ1) is 5.33. The predicted octanol–water partition coefficient (Wildman–Crippen LogP) is 2.13. The van der Waals surface area contributed by atoms with Crippen molar-refractivity contribution in [1.29, 1.82) is 0 Å². The van der Waals surface area contributed by atoms with E-state index in [9.17, 15) is 4.57 Å². The van der Waals surface area contributed by atoms with E-state index >= 15 is 0 Å². The van der Waals surface area contributed by atoms with E-state index in [1.54, 1.807) is 0 Å². The summed E-state index contributed by atoms with van der Waals surface area (Å²) in [7, 11) is -0.667. The van der Waals surface area contributed by atoms with Crippen LogP contribution in [0.3, 0.4) is 0 Å². The van der Waals surface area contributed by atoms with E-state index in [4.69, 9.17) is 0 Å². The summed E-state index contributed by atoms with van der Waals surface area (Å²) >= 11 is 0. The van der Waals surface area contributed by atoms with Gasteiger partial charge in [-0.25, -0.2) is 0 Å². The van der Waals surface area contributed by atoms with Crippen LogP contribution in [0.5, 0.6) is 0 Å². The lowest BCUT2D eigenvalue weighted by Gasteiger charge is -2.02. The molecule has 0 amide bonds. The van der Waals surface area contributed by atoms with Gasteiger partial charge in [0.15, 0.2) is 0 Å². The first kappa shape index (κ1) is 8.31. The smallest absolute Gasteiger partial charge is 0.282 e. The van der Waals surface area contributed by atoms with Crippen molar-refractivity contribution in [2.24, 2.45) is 0 Å². The summed E-state index contributed by atoms with van der Waals surface area (Å²) in [6.07, 6.45) is 0. The highest BCUT2D eigenvalue weighted by atomic mass is 31.1. The van der Waals surface area contributed by atoms with E-state index in [0.29, 0.717) is 0 Å². The van der Waals surface area contributed by atoms with Gasteiger partial charge in [0.25, 0.3) is 8.18 Å². The van der Waals surface area contributed by atoms with Crippen molar-refractivity contribution in [1.82, 2.24) is 0 Å². The molecule has 11 heavy (non-hydrogen) atoms. The summed E-state index contributed by atoms with van der Waals surface area (Å²) < 4.78 is 15.4. The summed E-state index contributed by atoms with van der Waals surface area (Å²) in [6.45, 7) is 0. The maximum absolute atomic E-state index is 10.8. The van der Waals surface area contributed by atoms with Gasteiger partial charge in [-0.15, -0.1) is 0 Å². The lowest BCUT2D eigenvalue weighted by atomic mass is 10.3. The Morgan fingerprint density at radius 1 is 1.36 bits per heavy atom. The third-order valence-electron chi connectivity index (χ3n) is 1.21. The minimum Gasteiger partial charge on any atom is -0.319 e. The molecule has 1 aromatic rings. The van der Waals surface area contributed by atoms with Crippen molar-refractivity contribution < 1.29 is 9.09 Å². The molecular weight excluding hydrogens is 161 g/mol.